The Hall–Kier alpha value is -2.85. The highest BCUT2D eigenvalue weighted by Gasteiger charge is 2.23. The SMILES string of the molecule is CCN(CC)S(=O)(=O)c1ccc2nn(CN(C)C(c3ccccc3)c3ccccc3)c(=S)n2c1. The predicted molar refractivity (Wildman–Crippen MR) is 137 cm³/mol. The molecule has 9 heteroatoms. The van der Waals surface area contributed by atoms with Crippen LogP contribution >= 0.6 is 12.2 Å². The third-order valence-electron chi connectivity index (χ3n) is 5.92. The van der Waals surface area contributed by atoms with E-state index in [1.165, 1.54) is 15.4 Å². The summed E-state index contributed by atoms with van der Waals surface area (Å²) in [6, 6.07) is 23.9. The van der Waals surface area contributed by atoms with Crippen LogP contribution in [0.4, 0.5) is 0 Å². The molecule has 0 saturated heterocycles. The molecular weight excluding hydrogens is 466 g/mol. The van der Waals surface area contributed by atoms with Crippen molar-refractivity contribution in [2.75, 3.05) is 20.1 Å². The van der Waals surface area contributed by atoms with Gasteiger partial charge in [0.25, 0.3) is 0 Å². The highest BCUT2D eigenvalue weighted by Crippen LogP contribution is 2.28. The van der Waals surface area contributed by atoms with Gasteiger partial charge in [-0.3, -0.25) is 9.30 Å². The fourth-order valence-corrected chi connectivity index (χ4v) is 5.92. The van der Waals surface area contributed by atoms with E-state index in [4.69, 9.17) is 12.2 Å². The molecule has 4 aromatic rings. The van der Waals surface area contributed by atoms with E-state index < -0.39 is 10.0 Å². The lowest BCUT2D eigenvalue weighted by Crippen LogP contribution is -2.30. The van der Waals surface area contributed by atoms with E-state index in [9.17, 15) is 8.42 Å². The molecule has 2 heterocycles. The van der Waals surface area contributed by atoms with Gasteiger partial charge in [-0.15, -0.1) is 0 Å². The molecule has 0 fully saturated rings. The van der Waals surface area contributed by atoms with Crippen LogP contribution in [0.2, 0.25) is 0 Å². The Labute approximate surface area is 205 Å². The van der Waals surface area contributed by atoms with Crippen molar-refractivity contribution >= 4 is 27.9 Å². The average Bonchev–Trinajstić information content (AvgIpc) is 3.15. The minimum Gasteiger partial charge on any atom is -0.276 e. The van der Waals surface area contributed by atoms with E-state index >= 15 is 0 Å². The van der Waals surface area contributed by atoms with Crippen LogP contribution in [0.15, 0.2) is 83.9 Å². The first-order valence-electron chi connectivity index (χ1n) is 11.3. The predicted octanol–water partition coefficient (Wildman–Crippen LogP) is 4.57. The second kappa shape index (κ2) is 10.2. The number of sulfonamides is 1. The molecule has 0 aliphatic rings. The van der Waals surface area contributed by atoms with Crippen LogP contribution in [0.25, 0.3) is 5.65 Å². The number of hydrogen-bond donors (Lipinski definition) is 0. The van der Waals surface area contributed by atoms with Crippen LogP contribution in [0.3, 0.4) is 0 Å². The number of fused-ring (bicyclic) bond motifs is 1. The summed E-state index contributed by atoms with van der Waals surface area (Å²) in [5.41, 5.74) is 2.94. The second-order valence-corrected chi connectivity index (χ2v) is 10.4. The van der Waals surface area contributed by atoms with E-state index in [0.29, 0.717) is 30.2 Å². The van der Waals surface area contributed by atoms with Gasteiger partial charge in [-0.1, -0.05) is 74.5 Å². The van der Waals surface area contributed by atoms with Gasteiger partial charge in [0, 0.05) is 19.3 Å². The Morgan fingerprint density at radius 1 is 0.912 bits per heavy atom. The van der Waals surface area contributed by atoms with E-state index in [1.54, 1.807) is 27.4 Å². The summed E-state index contributed by atoms with van der Waals surface area (Å²) in [6.07, 6.45) is 1.57. The molecule has 178 valence electrons. The first-order chi connectivity index (χ1) is 16.4. The first-order valence-corrected chi connectivity index (χ1v) is 13.1. The molecule has 0 N–H and O–H groups in total. The summed E-state index contributed by atoms with van der Waals surface area (Å²) in [5, 5.41) is 4.66. The normalized spacial score (nSPS) is 12.3. The molecule has 0 spiro atoms. The standard InChI is InChI=1S/C25H29N5O2S2/c1-4-28(5-2)34(31,32)22-16-17-23-26-30(25(33)29(23)18-22)19-27(3)24(20-12-8-6-9-13-20)21-14-10-7-11-15-21/h6-18,24H,4-5,19H2,1-3H3. The number of rotatable bonds is 9. The monoisotopic (exact) mass is 495 g/mol. The molecule has 0 radical (unpaired) electrons. The van der Waals surface area contributed by atoms with Gasteiger partial charge in [0.2, 0.25) is 14.8 Å². The molecule has 0 bridgehead atoms. The maximum absolute atomic E-state index is 13.0. The summed E-state index contributed by atoms with van der Waals surface area (Å²) < 4.78 is 31.2. The highest BCUT2D eigenvalue weighted by molar-refractivity contribution is 7.89. The lowest BCUT2D eigenvalue weighted by atomic mass is 9.98. The smallest absolute Gasteiger partial charge is 0.244 e. The number of hydrogen-bond acceptors (Lipinski definition) is 5. The van der Waals surface area contributed by atoms with Gasteiger partial charge in [-0.25, -0.2) is 13.1 Å². The third-order valence-corrected chi connectivity index (χ3v) is 8.36. The van der Waals surface area contributed by atoms with Gasteiger partial charge in [0.15, 0.2) is 5.65 Å². The molecule has 0 amide bonds. The highest BCUT2D eigenvalue weighted by atomic mass is 32.2. The third kappa shape index (κ3) is 4.69. The lowest BCUT2D eigenvalue weighted by molar-refractivity contribution is 0.208. The Morgan fingerprint density at radius 3 is 2.00 bits per heavy atom. The molecule has 7 nitrogen and oxygen atoms in total. The summed E-state index contributed by atoms with van der Waals surface area (Å²) in [5.74, 6) is 0. The van der Waals surface area contributed by atoms with Gasteiger partial charge in [-0.05, 0) is 42.5 Å². The van der Waals surface area contributed by atoms with Crippen molar-refractivity contribution in [3.05, 3.63) is 94.9 Å². The molecule has 2 aromatic heterocycles. The fourth-order valence-electron chi connectivity index (χ4n) is 4.22. The Balaban J connectivity index is 1.70. The molecule has 4 rings (SSSR count). The number of pyridine rings is 1. The van der Waals surface area contributed by atoms with Crippen molar-refractivity contribution in [1.82, 2.24) is 23.4 Å². The maximum atomic E-state index is 13.0. The van der Waals surface area contributed by atoms with Crippen molar-refractivity contribution in [2.24, 2.45) is 0 Å². The molecule has 2 aromatic carbocycles. The van der Waals surface area contributed by atoms with Gasteiger partial charge < -0.3 is 0 Å². The average molecular weight is 496 g/mol. The van der Waals surface area contributed by atoms with Crippen molar-refractivity contribution in [2.45, 2.75) is 31.5 Å². The van der Waals surface area contributed by atoms with Crippen molar-refractivity contribution in [1.29, 1.82) is 0 Å². The lowest BCUT2D eigenvalue weighted by Gasteiger charge is -2.28. The van der Waals surface area contributed by atoms with Crippen LogP contribution < -0.4 is 0 Å². The number of aromatic nitrogens is 3. The summed E-state index contributed by atoms with van der Waals surface area (Å²) in [7, 11) is -1.56. The Kier molecular flexibility index (Phi) is 7.27. The van der Waals surface area contributed by atoms with Crippen molar-refractivity contribution in [3.8, 4) is 0 Å². The van der Waals surface area contributed by atoms with Gasteiger partial charge in [-0.2, -0.15) is 9.40 Å². The zero-order valence-corrected chi connectivity index (χ0v) is 21.2. The molecule has 34 heavy (non-hydrogen) atoms. The Bertz CT molecular complexity index is 1370. The molecule has 0 saturated carbocycles. The topological polar surface area (TPSA) is 62.9 Å². The molecule has 0 aliphatic carbocycles. The quantitative estimate of drug-likeness (QED) is 0.318. The Morgan fingerprint density at radius 2 is 1.47 bits per heavy atom. The van der Waals surface area contributed by atoms with Crippen LogP contribution in [0.5, 0.6) is 0 Å². The fraction of sp³-hybridized carbons (Fsp3) is 0.280. The van der Waals surface area contributed by atoms with Crippen LogP contribution in [-0.4, -0.2) is 51.9 Å². The summed E-state index contributed by atoms with van der Waals surface area (Å²) in [4.78, 5) is 2.39. The maximum Gasteiger partial charge on any atom is 0.244 e. The van der Waals surface area contributed by atoms with Crippen molar-refractivity contribution < 1.29 is 8.42 Å². The zero-order chi connectivity index (χ0) is 24.3. The van der Waals surface area contributed by atoms with E-state index in [-0.39, 0.29) is 10.9 Å². The largest absolute Gasteiger partial charge is 0.276 e. The van der Waals surface area contributed by atoms with Crippen LogP contribution in [0, 0.1) is 4.77 Å². The first kappa shape index (κ1) is 24.3. The van der Waals surface area contributed by atoms with Gasteiger partial charge >= 0.3 is 0 Å². The summed E-state index contributed by atoms with van der Waals surface area (Å²) in [6.45, 7) is 4.91. The summed E-state index contributed by atoms with van der Waals surface area (Å²) >= 11 is 5.70. The minimum atomic E-state index is -3.59. The van der Waals surface area contributed by atoms with E-state index in [1.807, 2.05) is 57.3 Å². The zero-order valence-electron chi connectivity index (χ0n) is 19.6. The van der Waals surface area contributed by atoms with Crippen LogP contribution in [0.1, 0.15) is 31.0 Å². The van der Waals surface area contributed by atoms with Crippen LogP contribution in [-0.2, 0) is 16.7 Å². The number of benzene rings is 2. The molecular formula is C25H29N5O2S2. The molecule has 0 atom stereocenters. The number of nitrogens with zero attached hydrogens (tertiary/aromatic N) is 5. The van der Waals surface area contributed by atoms with E-state index in [0.717, 1.165) is 0 Å². The van der Waals surface area contributed by atoms with Crippen molar-refractivity contribution in [3.63, 3.8) is 0 Å². The molecule has 0 aliphatic heterocycles. The minimum absolute atomic E-state index is 0.00715. The van der Waals surface area contributed by atoms with Gasteiger partial charge in [0.1, 0.15) is 0 Å². The van der Waals surface area contributed by atoms with E-state index in [2.05, 4.69) is 34.3 Å². The second-order valence-electron chi connectivity index (χ2n) is 8.09. The van der Waals surface area contributed by atoms with Gasteiger partial charge in [0.05, 0.1) is 17.6 Å². The molecule has 0 unspecified atom stereocenters.